The number of aryl methyl sites for hydroxylation is 1. The minimum absolute atomic E-state index is 0.0209. The van der Waals surface area contributed by atoms with E-state index in [1.807, 2.05) is 72.4 Å². The summed E-state index contributed by atoms with van der Waals surface area (Å²) >= 11 is 1.96. The van der Waals surface area contributed by atoms with Gasteiger partial charge in [0.2, 0.25) is 5.95 Å². The Morgan fingerprint density at radius 2 is 1.83 bits per heavy atom. The number of pyridine rings is 1. The maximum Gasteiger partial charge on any atom is 0.323 e. The zero-order chi connectivity index (χ0) is 31.7. The zero-order valence-electron chi connectivity index (χ0n) is 26.0. The number of carbonyl (C=O) groups is 1. The number of benzene rings is 1. The third-order valence-electron chi connectivity index (χ3n) is 8.42. The molecule has 2 aliphatic rings. The molecule has 2 amide bonds. The highest BCUT2D eigenvalue weighted by molar-refractivity contribution is 7.99. The monoisotopic (exact) mass is 637 g/mol. The molecule has 0 spiro atoms. The highest BCUT2D eigenvalue weighted by atomic mass is 32.2. The smallest absolute Gasteiger partial charge is 0.323 e. The number of anilines is 3. The highest BCUT2D eigenvalue weighted by Gasteiger charge is 2.31. The predicted octanol–water partition coefficient (Wildman–Crippen LogP) is 4.70. The molecule has 6 rings (SSSR count). The number of urea groups is 1. The Balaban J connectivity index is 1.11. The fourth-order valence-electron chi connectivity index (χ4n) is 5.86. The van der Waals surface area contributed by atoms with E-state index in [0.717, 1.165) is 67.0 Å². The number of hydrogen-bond acceptors (Lipinski definition) is 10. The Morgan fingerprint density at radius 1 is 1.02 bits per heavy atom. The molecule has 46 heavy (non-hydrogen) atoms. The maximum absolute atomic E-state index is 13.7. The molecule has 1 saturated carbocycles. The van der Waals surface area contributed by atoms with Gasteiger partial charge in [-0.2, -0.15) is 27.1 Å². The van der Waals surface area contributed by atoms with E-state index in [2.05, 4.69) is 42.0 Å². The van der Waals surface area contributed by atoms with Crippen molar-refractivity contribution in [3.05, 3.63) is 78.4 Å². The number of rotatable bonds is 10. The molecule has 4 aromatic rings. The van der Waals surface area contributed by atoms with Gasteiger partial charge < -0.3 is 16.0 Å². The van der Waals surface area contributed by atoms with E-state index in [4.69, 9.17) is 4.98 Å². The van der Waals surface area contributed by atoms with Crippen LogP contribution in [0.15, 0.2) is 67.3 Å². The molecule has 0 unspecified atom stereocenters. The number of nitrogens with one attached hydrogen (secondary N) is 3. The Labute approximate surface area is 273 Å². The summed E-state index contributed by atoms with van der Waals surface area (Å²) in [5, 5.41) is 23.8. The molecule has 0 bridgehead atoms. The SMILES string of the molecule is Cn1cc(-c2ccc(N(C(=O)NCc3ccccc3)[C@H]3CC[C@H](Nc4ncc(C#N)c(NCN5CCSCC5)n4)CC3)nc2)cn1. The summed E-state index contributed by atoms with van der Waals surface area (Å²) < 4.78 is 1.76. The first-order valence-electron chi connectivity index (χ1n) is 15.7. The third kappa shape index (κ3) is 7.94. The highest BCUT2D eigenvalue weighted by Crippen LogP contribution is 2.30. The Bertz CT molecular complexity index is 1630. The van der Waals surface area contributed by atoms with Gasteiger partial charge in [0.05, 0.1) is 19.1 Å². The first-order valence-corrected chi connectivity index (χ1v) is 16.8. The van der Waals surface area contributed by atoms with Crippen molar-refractivity contribution in [2.45, 2.75) is 44.3 Å². The van der Waals surface area contributed by atoms with E-state index in [1.54, 1.807) is 23.3 Å². The van der Waals surface area contributed by atoms with Crippen LogP contribution in [-0.4, -0.2) is 79.0 Å². The van der Waals surface area contributed by atoms with Crippen molar-refractivity contribution in [2.75, 3.05) is 46.8 Å². The Hall–Kier alpha value is -4.67. The summed E-state index contributed by atoms with van der Waals surface area (Å²) in [4.78, 5) is 31.7. The molecule has 12 nitrogen and oxygen atoms in total. The molecular formula is C33H39N11OS. The van der Waals surface area contributed by atoms with Gasteiger partial charge in [-0.25, -0.2) is 14.8 Å². The fraction of sp³-hybridized carbons (Fsp3) is 0.394. The summed E-state index contributed by atoms with van der Waals surface area (Å²) in [5.41, 5.74) is 3.39. The summed E-state index contributed by atoms with van der Waals surface area (Å²) in [5.74, 6) is 3.90. The van der Waals surface area contributed by atoms with E-state index in [1.165, 1.54) is 0 Å². The predicted molar refractivity (Wildman–Crippen MR) is 181 cm³/mol. The summed E-state index contributed by atoms with van der Waals surface area (Å²) in [6.07, 6.45) is 10.4. The number of carbonyl (C=O) groups excluding carboxylic acids is 1. The number of thioether (sulfide) groups is 1. The van der Waals surface area contributed by atoms with Gasteiger partial charge in [-0.15, -0.1) is 0 Å². The van der Waals surface area contributed by atoms with Crippen molar-refractivity contribution < 1.29 is 4.79 Å². The molecule has 2 fully saturated rings. The summed E-state index contributed by atoms with van der Waals surface area (Å²) in [6, 6.07) is 16.0. The normalized spacial score (nSPS) is 18.3. The molecule has 13 heteroatoms. The fourth-order valence-corrected chi connectivity index (χ4v) is 6.84. The van der Waals surface area contributed by atoms with E-state index < -0.39 is 0 Å². The molecule has 3 aromatic heterocycles. The largest absolute Gasteiger partial charge is 0.356 e. The Kier molecular flexibility index (Phi) is 10.3. The van der Waals surface area contributed by atoms with Crippen LogP contribution in [0.25, 0.3) is 11.1 Å². The van der Waals surface area contributed by atoms with Crippen LogP contribution in [-0.2, 0) is 13.6 Å². The lowest BCUT2D eigenvalue weighted by atomic mass is 9.90. The van der Waals surface area contributed by atoms with Gasteiger partial charge in [0.1, 0.15) is 17.5 Å². The first-order chi connectivity index (χ1) is 22.6. The van der Waals surface area contributed by atoms with Crippen LogP contribution in [0, 0.1) is 11.3 Å². The van der Waals surface area contributed by atoms with E-state index in [0.29, 0.717) is 36.4 Å². The molecule has 0 atom stereocenters. The average molecular weight is 638 g/mol. The maximum atomic E-state index is 13.7. The molecule has 1 aliphatic carbocycles. The lowest BCUT2D eigenvalue weighted by Crippen LogP contribution is -2.49. The number of aromatic nitrogens is 5. The molecule has 1 saturated heterocycles. The van der Waals surface area contributed by atoms with Crippen LogP contribution in [0.5, 0.6) is 0 Å². The van der Waals surface area contributed by atoms with Crippen LogP contribution in [0.2, 0.25) is 0 Å². The second-order valence-electron chi connectivity index (χ2n) is 11.6. The minimum atomic E-state index is -0.166. The second kappa shape index (κ2) is 15.1. The van der Waals surface area contributed by atoms with Gasteiger partial charge in [0.15, 0.2) is 5.82 Å². The van der Waals surface area contributed by atoms with Gasteiger partial charge >= 0.3 is 6.03 Å². The molecule has 3 N–H and O–H groups in total. The van der Waals surface area contributed by atoms with Gasteiger partial charge in [-0.05, 0) is 43.4 Å². The van der Waals surface area contributed by atoms with Crippen LogP contribution < -0.4 is 20.9 Å². The molecule has 1 aliphatic heterocycles. The quantitative estimate of drug-likeness (QED) is 0.224. The van der Waals surface area contributed by atoms with Crippen molar-refractivity contribution in [1.82, 2.24) is 34.9 Å². The lowest BCUT2D eigenvalue weighted by molar-refractivity contribution is 0.240. The van der Waals surface area contributed by atoms with Crippen LogP contribution in [0.1, 0.15) is 36.8 Å². The zero-order valence-corrected chi connectivity index (χ0v) is 26.8. The van der Waals surface area contributed by atoms with Crippen molar-refractivity contribution in [2.24, 2.45) is 7.05 Å². The second-order valence-corrected chi connectivity index (χ2v) is 12.8. The van der Waals surface area contributed by atoms with Crippen LogP contribution in [0.4, 0.5) is 22.4 Å². The third-order valence-corrected chi connectivity index (χ3v) is 9.36. The lowest BCUT2D eigenvalue weighted by Gasteiger charge is -2.36. The molecule has 1 aromatic carbocycles. The first kappa shape index (κ1) is 31.3. The summed E-state index contributed by atoms with van der Waals surface area (Å²) in [7, 11) is 1.88. The van der Waals surface area contributed by atoms with Gasteiger partial charge in [-0.1, -0.05) is 30.3 Å². The molecule has 238 valence electrons. The average Bonchev–Trinajstić information content (AvgIpc) is 3.54. The van der Waals surface area contributed by atoms with Crippen molar-refractivity contribution in [3.63, 3.8) is 0 Å². The molecular weight excluding hydrogens is 599 g/mol. The topological polar surface area (TPSA) is 140 Å². The molecule has 0 radical (unpaired) electrons. The van der Waals surface area contributed by atoms with Crippen molar-refractivity contribution in [3.8, 4) is 17.2 Å². The van der Waals surface area contributed by atoms with Crippen molar-refractivity contribution in [1.29, 1.82) is 5.26 Å². The molecule has 4 heterocycles. The standard InChI is InChI=1S/C33H39N11OS/c1-42-22-27(21-39-42)25-7-12-30(35-19-25)44(33(45)37-18-24-5-3-2-4-6-24)29-10-8-28(9-11-29)40-32-36-20-26(17-34)31(41-32)38-23-43-13-15-46-16-14-43/h2-7,12,19-22,28-29H,8-11,13-16,18,23H2,1H3,(H,37,45)(H2,36,38,40,41)/t28-,29-. The van der Waals surface area contributed by atoms with Gasteiger partial charge in [0, 0.05) is 73.8 Å². The van der Waals surface area contributed by atoms with Gasteiger partial charge in [-0.3, -0.25) is 14.5 Å². The number of nitrogens with zero attached hydrogens (tertiary/aromatic N) is 8. The van der Waals surface area contributed by atoms with Crippen LogP contribution >= 0.6 is 11.8 Å². The van der Waals surface area contributed by atoms with E-state index >= 15 is 0 Å². The van der Waals surface area contributed by atoms with Crippen LogP contribution in [0.3, 0.4) is 0 Å². The Morgan fingerprint density at radius 3 is 2.52 bits per heavy atom. The van der Waals surface area contributed by atoms with E-state index in [9.17, 15) is 10.1 Å². The van der Waals surface area contributed by atoms with Crippen molar-refractivity contribution >= 4 is 35.4 Å². The minimum Gasteiger partial charge on any atom is -0.356 e. The number of nitriles is 1. The number of hydrogen-bond donors (Lipinski definition) is 3. The van der Waals surface area contributed by atoms with E-state index in [-0.39, 0.29) is 18.1 Å². The summed E-state index contributed by atoms with van der Waals surface area (Å²) in [6.45, 7) is 3.12. The number of amides is 2. The van der Waals surface area contributed by atoms with Gasteiger partial charge in [0.25, 0.3) is 0 Å².